The highest BCUT2D eigenvalue weighted by Gasteiger charge is 2.18. The van der Waals surface area contributed by atoms with Crippen LogP contribution in [0.15, 0.2) is 4.40 Å². The molecule has 0 aromatic carbocycles. The van der Waals surface area contributed by atoms with Gasteiger partial charge < -0.3 is 0 Å². The summed E-state index contributed by atoms with van der Waals surface area (Å²) in [6.45, 7) is 7.17. The van der Waals surface area contributed by atoms with E-state index in [-0.39, 0.29) is 10.3 Å². The molecule has 0 N–H and O–H groups in total. The Morgan fingerprint density at radius 3 is 2.12 bits per heavy atom. The Morgan fingerprint density at radius 2 is 1.71 bits per heavy atom. The fraction of sp³-hybridized carbons (Fsp3) is 0.500. The molecule has 0 fully saturated rings. The lowest BCUT2D eigenvalue weighted by Crippen LogP contribution is -2.19. The maximum Gasteiger partial charge on any atom is 0.144 e. The van der Waals surface area contributed by atoms with Crippen molar-refractivity contribution in [1.82, 2.24) is 9.97 Å². The van der Waals surface area contributed by atoms with E-state index >= 15 is 0 Å². The van der Waals surface area contributed by atoms with Crippen LogP contribution in [0.5, 0.6) is 0 Å². The largest absolute Gasteiger partial charge is 0.234 e. The fourth-order valence-electron chi connectivity index (χ4n) is 0.880. The normalized spacial score (nSPS) is 14.2. The van der Waals surface area contributed by atoms with Gasteiger partial charge in [0.1, 0.15) is 27.1 Å². The Bertz CT molecular complexity index is 460. The molecule has 0 spiro atoms. The Hall–Kier alpha value is -0.520. The minimum atomic E-state index is -1.36. The number of hydrogen-bond donors (Lipinski definition) is 0. The van der Waals surface area contributed by atoms with Gasteiger partial charge in [-0.15, -0.1) is 0 Å². The molecule has 0 saturated heterocycles. The SMILES string of the molecule is Cc1nc(Cl)c(/C=N/S(=O)C(C)(C)C)c(Cl)n1. The molecule has 1 rings (SSSR count). The molecule has 0 aliphatic carbocycles. The van der Waals surface area contributed by atoms with Crippen molar-refractivity contribution in [3.63, 3.8) is 0 Å². The molecule has 7 heteroatoms. The van der Waals surface area contributed by atoms with E-state index in [0.29, 0.717) is 11.4 Å². The molecule has 1 aromatic rings. The lowest BCUT2D eigenvalue weighted by Gasteiger charge is -2.12. The topological polar surface area (TPSA) is 55.2 Å². The first kappa shape index (κ1) is 14.5. The van der Waals surface area contributed by atoms with E-state index in [4.69, 9.17) is 23.2 Å². The first-order chi connectivity index (χ1) is 7.71. The van der Waals surface area contributed by atoms with Crippen molar-refractivity contribution in [2.24, 2.45) is 4.40 Å². The molecule has 1 aromatic heterocycles. The van der Waals surface area contributed by atoms with E-state index in [1.807, 2.05) is 20.8 Å². The number of halogens is 2. The molecule has 17 heavy (non-hydrogen) atoms. The van der Waals surface area contributed by atoms with Gasteiger partial charge in [0.05, 0.1) is 16.5 Å². The van der Waals surface area contributed by atoms with Crippen molar-refractivity contribution in [2.75, 3.05) is 0 Å². The van der Waals surface area contributed by atoms with Crippen LogP contribution < -0.4 is 0 Å². The average molecular weight is 294 g/mol. The summed E-state index contributed by atoms with van der Waals surface area (Å²) in [6, 6.07) is 0. The zero-order chi connectivity index (χ0) is 13.2. The van der Waals surface area contributed by atoms with Crippen LogP contribution in [-0.2, 0) is 11.0 Å². The number of hydrogen-bond acceptors (Lipinski definition) is 3. The summed E-state index contributed by atoms with van der Waals surface area (Å²) >= 11 is 11.8. The number of rotatable bonds is 2. The zero-order valence-corrected chi connectivity index (χ0v) is 12.3. The standard InChI is InChI=1S/C10H13Cl2N3OS/c1-6-14-8(11)7(9(12)15-6)5-13-17(16)10(2,3)4/h5H,1-4H3/b13-5+. The molecule has 4 nitrogen and oxygen atoms in total. The van der Waals surface area contributed by atoms with Crippen LogP contribution in [0.25, 0.3) is 0 Å². The Balaban J connectivity index is 3.05. The van der Waals surface area contributed by atoms with Crippen LogP contribution in [0, 0.1) is 6.92 Å². The molecule has 94 valence electrons. The third kappa shape index (κ3) is 4.01. The Kier molecular flexibility index (Phi) is 4.63. The first-order valence-corrected chi connectivity index (χ1v) is 6.74. The second-order valence-electron chi connectivity index (χ2n) is 4.36. The van der Waals surface area contributed by atoms with Crippen molar-refractivity contribution in [3.05, 3.63) is 21.7 Å². The van der Waals surface area contributed by atoms with E-state index in [1.54, 1.807) is 6.92 Å². The molecular formula is C10H13Cl2N3OS. The summed E-state index contributed by atoms with van der Waals surface area (Å²) in [5.74, 6) is 0.481. The molecule has 0 bridgehead atoms. The van der Waals surface area contributed by atoms with E-state index in [1.165, 1.54) is 6.21 Å². The monoisotopic (exact) mass is 293 g/mol. The van der Waals surface area contributed by atoms with Gasteiger partial charge in [0.15, 0.2) is 0 Å². The van der Waals surface area contributed by atoms with Crippen molar-refractivity contribution in [3.8, 4) is 0 Å². The van der Waals surface area contributed by atoms with Gasteiger partial charge in [-0.3, -0.25) is 0 Å². The van der Waals surface area contributed by atoms with Crippen LogP contribution in [-0.4, -0.2) is 25.1 Å². The van der Waals surface area contributed by atoms with Crippen LogP contribution in [0.2, 0.25) is 10.3 Å². The molecule has 0 saturated carbocycles. The van der Waals surface area contributed by atoms with Crippen molar-refractivity contribution >= 4 is 40.4 Å². The van der Waals surface area contributed by atoms with E-state index in [2.05, 4.69) is 14.4 Å². The highest BCUT2D eigenvalue weighted by atomic mass is 35.5. The zero-order valence-electron chi connectivity index (χ0n) is 9.99. The van der Waals surface area contributed by atoms with Crippen LogP contribution >= 0.6 is 23.2 Å². The van der Waals surface area contributed by atoms with E-state index < -0.39 is 15.7 Å². The minimum absolute atomic E-state index is 0.206. The summed E-state index contributed by atoms with van der Waals surface area (Å²) in [6.07, 6.45) is 1.35. The molecular weight excluding hydrogens is 281 g/mol. The quantitative estimate of drug-likeness (QED) is 0.622. The highest BCUT2D eigenvalue weighted by Crippen LogP contribution is 2.20. The lowest BCUT2D eigenvalue weighted by atomic mass is 10.3. The molecule has 0 amide bonds. The maximum atomic E-state index is 11.7. The van der Waals surface area contributed by atoms with Gasteiger partial charge in [0, 0.05) is 0 Å². The Morgan fingerprint density at radius 1 is 1.24 bits per heavy atom. The van der Waals surface area contributed by atoms with Gasteiger partial charge >= 0.3 is 0 Å². The second kappa shape index (κ2) is 5.42. The molecule has 0 aliphatic heterocycles. The molecule has 1 unspecified atom stereocenters. The third-order valence-electron chi connectivity index (χ3n) is 1.77. The third-order valence-corrected chi connectivity index (χ3v) is 3.69. The van der Waals surface area contributed by atoms with Gasteiger partial charge in [0.25, 0.3) is 0 Å². The van der Waals surface area contributed by atoms with Gasteiger partial charge in [0.2, 0.25) is 0 Å². The van der Waals surface area contributed by atoms with Gasteiger partial charge in [-0.25, -0.2) is 14.2 Å². The van der Waals surface area contributed by atoms with E-state index in [0.717, 1.165) is 0 Å². The number of aryl methyl sites for hydroxylation is 1. The number of nitrogens with zero attached hydrogens (tertiary/aromatic N) is 3. The van der Waals surface area contributed by atoms with Crippen LogP contribution in [0.1, 0.15) is 32.2 Å². The average Bonchev–Trinajstić information content (AvgIpc) is 2.13. The van der Waals surface area contributed by atoms with Gasteiger partial charge in [-0.05, 0) is 27.7 Å². The predicted molar refractivity (Wildman–Crippen MR) is 72.3 cm³/mol. The summed E-state index contributed by atoms with van der Waals surface area (Å²) < 4.78 is 15.2. The smallest absolute Gasteiger partial charge is 0.144 e. The van der Waals surface area contributed by atoms with E-state index in [9.17, 15) is 4.21 Å². The van der Waals surface area contributed by atoms with Crippen molar-refractivity contribution < 1.29 is 4.21 Å². The number of aromatic nitrogens is 2. The summed E-state index contributed by atoms with van der Waals surface area (Å²) in [4.78, 5) is 7.91. The summed E-state index contributed by atoms with van der Waals surface area (Å²) in [5, 5.41) is 0.411. The Labute approximate surface area is 113 Å². The first-order valence-electron chi connectivity index (χ1n) is 4.87. The van der Waals surface area contributed by atoms with Crippen molar-refractivity contribution in [1.29, 1.82) is 0 Å². The summed E-state index contributed by atoms with van der Waals surface area (Å²) in [7, 11) is -1.36. The van der Waals surface area contributed by atoms with Gasteiger partial charge in [-0.1, -0.05) is 23.2 Å². The lowest BCUT2D eigenvalue weighted by molar-refractivity contribution is 0.651. The molecule has 0 aliphatic rings. The molecule has 1 atom stereocenters. The van der Waals surface area contributed by atoms with Crippen molar-refractivity contribution in [2.45, 2.75) is 32.4 Å². The second-order valence-corrected chi connectivity index (χ2v) is 7.01. The fourth-order valence-corrected chi connectivity index (χ4v) is 1.97. The maximum absolute atomic E-state index is 11.7. The van der Waals surface area contributed by atoms with Crippen LogP contribution in [0.3, 0.4) is 0 Å². The molecule has 0 radical (unpaired) electrons. The minimum Gasteiger partial charge on any atom is -0.234 e. The highest BCUT2D eigenvalue weighted by molar-refractivity contribution is 7.85. The predicted octanol–water partition coefficient (Wildman–Crippen LogP) is 2.97. The molecule has 1 heterocycles. The van der Waals surface area contributed by atoms with Gasteiger partial charge in [-0.2, -0.15) is 4.40 Å². The summed E-state index contributed by atoms with van der Waals surface area (Å²) in [5.41, 5.74) is 0.386. The van der Waals surface area contributed by atoms with Crippen LogP contribution in [0.4, 0.5) is 0 Å².